The Kier molecular flexibility index (Phi) is 4.16. The Hall–Kier alpha value is -3.39. The Bertz CT molecular complexity index is 846. The van der Waals surface area contributed by atoms with Crippen molar-refractivity contribution in [3.8, 4) is 17.4 Å². The van der Waals surface area contributed by atoms with E-state index in [1.54, 1.807) is 30.3 Å². The molecule has 1 N–H and O–H groups in total. The molecule has 0 aliphatic rings. The van der Waals surface area contributed by atoms with Crippen LogP contribution in [0.3, 0.4) is 0 Å². The van der Waals surface area contributed by atoms with Gasteiger partial charge in [0.25, 0.3) is 5.91 Å². The van der Waals surface area contributed by atoms with E-state index in [-0.39, 0.29) is 11.6 Å². The van der Waals surface area contributed by atoms with E-state index in [4.69, 9.17) is 9.78 Å². The van der Waals surface area contributed by atoms with Gasteiger partial charge in [0, 0.05) is 17.3 Å². The summed E-state index contributed by atoms with van der Waals surface area (Å²) in [4.78, 5) is 12.2. The van der Waals surface area contributed by atoms with Gasteiger partial charge in [-0.05, 0) is 17.7 Å². The molecular weight excluding hydrogens is 290 g/mol. The van der Waals surface area contributed by atoms with Crippen LogP contribution in [0, 0.1) is 11.3 Å². The standard InChI is InChI=1S/C18H13N3O2/c19-11-10-13-6-8-15(9-7-13)20-18(22)16-12-17(23-21-16)14-4-2-1-3-5-14/h1-9,12H,10H2,(H,20,22). The molecule has 0 radical (unpaired) electrons. The second-order valence-electron chi connectivity index (χ2n) is 4.93. The van der Waals surface area contributed by atoms with E-state index in [0.717, 1.165) is 11.1 Å². The highest BCUT2D eigenvalue weighted by molar-refractivity contribution is 6.03. The Morgan fingerprint density at radius 2 is 1.87 bits per heavy atom. The topological polar surface area (TPSA) is 78.9 Å². The first kappa shape index (κ1) is 14.5. The van der Waals surface area contributed by atoms with E-state index in [0.29, 0.717) is 17.9 Å². The smallest absolute Gasteiger partial charge is 0.277 e. The molecule has 0 aliphatic carbocycles. The van der Waals surface area contributed by atoms with Crippen molar-refractivity contribution < 1.29 is 9.32 Å². The summed E-state index contributed by atoms with van der Waals surface area (Å²) in [6.45, 7) is 0. The summed E-state index contributed by atoms with van der Waals surface area (Å²) in [6, 6.07) is 20.3. The van der Waals surface area contributed by atoms with Crippen molar-refractivity contribution >= 4 is 11.6 Å². The molecule has 5 heteroatoms. The second kappa shape index (κ2) is 6.58. The van der Waals surface area contributed by atoms with Crippen LogP contribution in [0.25, 0.3) is 11.3 Å². The molecule has 1 aromatic heterocycles. The summed E-state index contributed by atoms with van der Waals surface area (Å²) in [5, 5.41) is 15.2. The van der Waals surface area contributed by atoms with Crippen molar-refractivity contribution in [2.75, 3.05) is 5.32 Å². The first-order valence-corrected chi connectivity index (χ1v) is 7.05. The van der Waals surface area contributed by atoms with Crippen LogP contribution in [-0.2, 0) is 6.42 Å². The van der Waals surface area contributed by atoms with Gasteiger partial charge in [-0.3, -0.25) is 4.79 Å². The second-order valence-corrected chi connectivity index (χ2v) is 4.93. The van der Waals surface area contributed by atoms with Gasteiger partial charge in [0.05, 0.1) is 12.5 Å². The Morgan fingerprint density at radius 1 is 1.13 bits per heavy atom. The van der Waals surface area contributed by atoms with Crippen LogP contribution in [0.4, 0.5) is 5.69 Å². The maximum Gasteiger partial charge on any atom is 0.277 e. The third kappa shape index (κ3) is 3.44. The third-order valence-electron chi connectivity index (χ3n) is 3.30. The van der Waals surface area contributed by atoms with Crippen LogP contribution in [0.2, 0.25) is 0 Å². The lowest BCUT2D eigenvalue weighted by Gasteiger charge is -2.03. The number of nitrogens with zero attached hydrogens (tertiary/aromatic N) is 2. The lowest BCUT2D eigenvalue weighted by Crippen LogP contribution is -2.12. The van der Waals surface area contributed by atoms with Gasteiger partial charge in [0.1, 0.15) is 0 Å². The zero-order valence-electron chi connectivity index (χ0n) is 12.2. The van der Waals surface area contributed by atoms with Crippen molar-refractivity contribution in [1.29, 1.82) is 5.26 Å². The molecule has 5 nitrogen and oxygen atoms in total. The molecule has 0 fully saturated rings. The number of nitriles is 1. The zero-order chi connectivity index (χ0) is 16.1. The number of hydrogen-bond acceptors (Lipinski definition) is 4. The van der Waals surface area contributed by atoms with Gasteiger partial charge in [0.2, 0.25) is 0 Å². The predicted octanol–water partition coefficient (Wildman–Crippen LogP) is 3.66. The fourth-order valence-electron chi connectivity index (χ4n) is 2.11. The van der Waals surface area contributed by atoms with E-state index in [9.17, 15) is 4.79 Å². The van der Waals surface area contributed by atoms with E-state index < -0.39 is 0 Å². The molecular formula is C18H13N3O2. The fraction of sp³-hybridized carbons (Fsp3) is 0.0556. The number of carbonyl (C=O) groups is 1. The van der Waals surface area contributed by atoms with Gasteiger partial charge < -0.3 is 9.84 Å². The SMILES string of the molecule is N#CCc1ccc(NC(=O)c2cc(-c3ccccc3)on2)cc1. The maximum atomic E-state index is 12.2. The molecule has 1 amide bonds. The summed E-state index contributed by atoms with van der Waals surface area (Å²) in [5.41, 5.74) is 2.61. The highest BCUT2D eigenvalue weighted by Crippen LogP contribution is 2.20. The lowest BCUT2D eigenvalue weighted by atomic mass is 10.1. The van der Waals surface area contributed by atoms with Crippen LogP contribution >= 0.6 is 0 Å². The average Bonchev–Trinajstić information content (AvgIpc) is 3.08. The van der Waals surface area contributed by atoms with Crippen LogP contribution in [0.5, 0.6) is 0 Å². The normalized spacial score (nSPS) is 10.0. The molecule has 23 heavy (non-hydrogen) atoms. The van der Waals surface area contributed by atoms with E-state index in [1.807, 2.05) is 30.3 Å². The van der Waals surface area contributed by atoms with Crippen LogP contribution < -0.4 is 5.32 Å². The van der Waals surface area contributed by atoms with E-state index >= 15 is 0 Å². The highest BCUT2D eigenvalue weighted by Gasteiger charge is 2.13. The largest absolute Gasteiger partial charge is 0.355 e. The number of nitrogens with one attached hydrogen (secondary N) is 1. The average molecular weight is 303 g/mol. The van der Waals surface area contributed by atoms with Crippen molar-refractivity contribution in [1.82, 2.24) is 5.16 Å². The number of carbonyl (C=O) groups excluding carboxylic acids is 1. The molecule has 2 aromatic carbocycles. The number of rotatable bonds is 4. The highest BCUT2D eigenvalue weighted by atomic mass is 16.5. The quantitative estimate of drug-likeness (QED) is 0.797. The van der Waals surface area contributed by atoms with Gasteiger partial charge in [0.15, 0.2) is 11.5 Å². The monoisotopic (exact) mass is 303 g/mol. The molecule has 0 aliphatic heterocycles. The summed E-state index contributed by atoms with van der Waals surface area (Å²) < 4.78 is 5.21. The predicted molar refractivity (Wildman–Crippen MR) is 85.7 cm³/mol. The molecule has 0 atom stereocenters. The maximum absolute atomic E-state index is 12.2. The molecule has 3 aromatic rings. The zero-order valence-corrected chi connectivity index (χ0v) is 12.2. The number of amides is 1. The molecule has 1 heterocycles. The van der Waals surface area contributed by atoms with Crippen molar-refractivity contribution in [3.63, 3.8) is 0 Å². The molecule has 3 rings (SSSR count). The van der Waals surface area contributed by atoms with Gasteiger partial charge in [-0.15, -0.1) is 0 Å². The summed E-state index contributed by atoms with van der Waals surface area (Å²) in [7, 11) is 0. The van der Waals surface area contributed by atoms with E-state index in [2.05, 4.69) is 16.5 Å². The number of anilines is 1. The molecule has 0 bridgehead atoms. The summed E-state index contributed by atoms with van der Waals surface area (Å²) in [6.07, 6.45) is 0.345. The Labute approximate surface area is 133 Å². The fourth-order valence-corrected chi connectivity index (χ4v) is 2.11. The third-order valence-corrected chi connectivity index (χ3v) is 3.30. The molecule has 0 spiro atoms. The van der Waals surface area contributed by atoms with Crippen molar-refractivity contribution in [2.24, 2.45) is 0 Å². The minimum atomic E-state index is -0.344. The first-order chi connectivity index (χ1) is 11.3. The number of aromatic nitrogens is 1. The number of hydrogen-bond donors (Lipinski definition) is 1. The summed E-state index contributed by atoms with van der Waals surface area (Å²) >= 11 is 0. The van der Waals surface area contributed by atoms with E-state index in [1.165, 1.54) is 0 Å². The minimum absolute atomic E-state index is 0.213. The van der Waals surface area contributed by atoms with Crippen LogP contribution in [-0.4, -0.2) is 11.1 Å². The van der Waals surface area contributed by atoms with Gasteiger partial charge in [-0.25, -0.2) is 0 Å². The van der Waals surface area contributed by atoms with Crippen LogP contribution in [0.15, 0.2) is 65.2 Å². The van der Waals surface area contributed by atoms with Crippen molar-refractivity contribution in [3.05, 3.63) is 71.9 Å². The van der Waals surface area contributed by atoms with Crippen LogP contribution in [0.1, 0.15) is 16.1 Å². The Morgan fingerprint density at radius 3 is 2.57 bits per heavy atom. The lowest BCUT2D eigenvalue weighted by molar-refractivity contribution is 0.101. The Balaban J connectivity index is 1.71. The molecule has 0 saturated heterocycles. The minimum Gasteiger partial charge on any atom is -0.355 e. The van der Waals surface area contributed by atoms with Gasteiger partial charge in [-0.2, -0.15) is 5.26 Å². The summed E-state index contributed by atoms with van der Waals surface area (Å²) in [5.74, 6) is 0.198. The van der Waals surface area contributed by atoms with Crippen molar-refractivity contribution in [2.45, 2.75) is 6.42 Å². The number of benzene rings is 2. The molecule has 112 valence electrons. The van der Waals surface area contributed by atoms with Gasteiger partial charge in [-0.1, -0.05) is 47.6 Å². The first-order valence-electron chi connectivity index (χ1n) is 7.05. The van der Waals surface area contributed by atoms with Gasteiger partial charge >= 0.3 is 0 Å². The molecule has 0 saturated carbocycles. The molecule has 0 unspecified atom stereocenters.